The molecule has 7 nitrogen and oxygen atoms in total. The largest absolute Gasteiger partial charge is 0.459 e. The van der Waals surface area contributed by atoms with Crippen LogP contribution in [-0.4, -0.2) is 33.5 Å². The van der Waals surface area contributed by atoms with Gasteiger partial charge in [0.15, 0.2) is 11.6 Å². The summed E-state index contributed by atoms with van der Waals surface area (Å²) in [6, 6.07) is 11.0. The summed E-state index contributed by atoms with van der Waals surface area (Å²) in [6.45, 7) is 7.35. The molecule has 2 aromatic heterocycles. The average molecular weight is 392 g/mol. The lowest BCUT2D eigenvalue weighted by atomic mass is 9.87. The molecule has 0 saturated heterocycles. The Morgan fingerprint density at radius 3 is 2.59 bits per heavy atom. The maximum absolute atomic E-state index is 12.6. The molecular weight excluding hydrogens is 368 g/mol. The van der Waals surface area contributed by atoms with Gasteiger partial charge in [0.2, 0.25) is 0 Å². The predicted molar refractivity (Wildman–Crippen MR) is 109 cm³/mol. The van der Waals surface area contributed by atoms with Gasteiger partial charge in [-0.1, -0.05) is 32.9 Å². The number of nitrogens with zero attached hydrogens (tertiary/aromatic N) is 2. The third-order valence-corrected chi connectivity index (χ3v) is 5.20. The van der Waals surface area contributed by atoms with Crippen molar-refractivity contribution in [2.75, 3.05) is 11.9 Å². The van der Waals surface area contributed by atoms with Gasteiger partial charge in [-0.15, -0.1) is 0 Å². The zero-order valence-corrected chi connectivity index (χ0v) is 16.8. The quantitative estimate of drug-likeness (QED) is 0.710. The first-order valence-electron chi connectivity index (χ1n) is 9.64. The third kappa shape index (κ3) is 3.81. The zero-order chi connectivity index (χ0) is 20.6. The van der Waals surface area contributed by atoms with Crippen LogP contribution >= 0.6 is 0 Å². The Hall–Kier alpha value is -3.35. The molecule has 150 valence electrons. The van der Waals surface area contributed by atoms with Crippen LogP contribution in [0.15, 0.2) is 47.1 Å². The first-order valence-corrected chi connectivity index (χ1v) is 9.64. The number of anilines is 1. The highest BCUT2D eigenvalue weighted by Gasteiger charge is 2.27. The van der Waals surface area contributed by atoms with Gasteiger partial charge >= 0.3 is 0 Å². The van der Waals surface area contributed by atoms with Crippen LogP contribution in [0.3, 0.4) is 0 Å². The van der Waals surface area contributed by atoms with Gasteiger partial charge in [0.05, 0.1) is 18.5 Å². The maximum Gasteiger partial charge on any atom is 0.289 e. The molecule has 4 rings (SSSR count). The summed E-state index contributed by atoms with van der Waals surface area (Å²) < 4.78 is 5.20. The summed E-state index contributed by atoms with van der Waals surface area (Å²) in [7, 11) is 0. The molecular formula is C22H24N4O3. The van der Waals surface area contributed by atoms with Crippen molar-refractivity contribution in [1.82, 2.24) is 15.1 Å². The highest BCUT2D eigenvalue weighted by atomic mass is 16.3. The minimum absolute atomic E-state index is 0.0369. The molecule has 29 heavy (non-hydrogen) atoms. The van der Waals surface area contributed by atoms with Gasteiger partial charge in [-0.3, -0.25) is 14.7 Å². The van der Waals surface area contributed by atoms with Crippen molar-refractivity contribution < 1.29 is 14.0 Å². The van der Waals surface area contributed by atoms with E-state index in [0.717, 1.165) is 11.3 Å². The predicted octanol–water partition coefficient (Wildman–Crippen LogP) is 3.75. The fraction of sp³-hybridized carbons (Fsp3) is 0.318. The van der Waals surface area contributed by atoms with Crippen molar-refractivity contribution >= 4 is 17.6 Å². The van der Waals surface area contributed by atoms with Crippen molar-refractivity contribution in [3.05, 3.63) is 70.8 Å². The number of aromatic amines is 1. The molecule has 0 bridgehead atoms. The lowest BCUT2D eigenvalue weighted by Gasteiger charge is -2.26. The number of carbonyl (C=O) groups is 2. The second kappa shape index (κ2) is 7.24. The van der Waals surface area contributed by atoms with Gasteiger partial charge in [-0.25, -0.2) is 0 Å². The van der Waals surface area contributed by atoms with Crippen LogP contribution in [0.25, 0.3) is 0 Å². The molecule has 1 aliphatic heterocycles. The molecule has 0 saturated carbocycles. The molecule has 2 N–H and O–H groups in total. The third-order valence-electron chi connectivity index (χ3n) is 5.20. The summed E-state index contributed by atoms with van der Waals surface area (Å²) in [5.41, 5.74) is 3.56. The highest BCUT2D eigenvalue weighted by molar-refractivity contribution is 6.04. The highest BCUT2D eigenvalue weighted by Crippen LogP contribution is 2.26. The van der Waals surface area contributed by atoms with Crippen LogP contribution in [0, 0.1) is 0 Å². The van der Waals surface area contributed by atoms with E-state index < -0.39 is 0 Å². The molecule has 0 unspecified atom stereocenters. The zero-order valence-electron chi connectivity index (χ0n) is 16.8. The van der Waals surface area contributed by atoms with E-state index in [1.54, 1.807) is 17.0 Å². The number of fused-ring (bicyclic) bond motifs is 1. The summed E-state index contributed by atoms with van der Waals surface area (Å²) in [5, 5.41) is 10.1. The fourth-order valence-corrected chi connectivity index (χ4v) is 3.45. The number of hydrogen-bond acceptors (Lipinski definition) is 4. The van der Waals surface area contributed by atoms with E-state index in [4.69, 9.17) is 4.42 Å². The molecule has 3 heterocycles. The Morgan fingerprint density at radius 2 is 1.93 bits per heavy atom. The number of H-pyrrole nitrogens is 1. The molecule has 3 aromatic rings. The summed E-state index contributed by atoms with van der Waals surface area (Å²) >= 11 is 0. The van der Waals surface area contributed by atoms with Crippen molar-refractivity contribution in [2.24, 2.45) is 0 Å². The molecule has 1 aromatic carbocycles. The first-order chi connectivity index (χ1) is 13.8. The van der Waals surface area contributed by atoms with Gasteiger partial charge in [0, 0.05) is 17.7 Å². The van der Waals surface area contributed by atoms with Gasteiger partial charge in [-0.05, 0) is 41.7 Å². The lowest BCUT2D eigenvalue weighted by molar-refractivity contribution is 0.0700. The smallest absolute Gasteiger partial charge is 0.289 e. The summed E-state index contributed by atoms with van der Waals surface area (Å²) in [5.74, 6) is 0.490. The Labute approximate surface area is 169 Å². The summed E-state index contributed by atoms with van der Waals surface area (Å²) in [6.07, 6.45) is 2.09. The van der Waals surface area contributed by atoms with Crippen LogP contribution in [0.1, 0.15) is 58.5 Å². The number of carbonyl (C=O) groups excluding carboxylic acids is 2. The van der Waals surface area contributed by atoms with Crippen molar-refractivity contribution in [3.63, 3.8) is 0 Å². The molecule has 7 heteroatoms. The molecule has 0 atom stereocenters. The monoisotopic (exact) mass is 392 g/mol. The van der Waals surface area contributed by atoms with E-state index in [-0.39, 0.29) is 17.2 Å². The number of benzene rings is 1. The van der Waals surface area contributed by atoms with Crippen LogP contribution < -0.4 is 5.32 Å². The van der Waals surface area contributed by atoms with Crippen LogP contribution in [-0.2, 0) is 18.4 Å². The van der Waals surface area contributed by atoms with E-state index in [2.05, 4.69) is 36.3 Å². The topological polar surface area (TPSA) is 91.2 Å². The fourth-order valence-electron chi connectivity index (χ4n) is 3.45. The summed E-state index contributed by atoms with van der Waals surface area (Å²) in [4.78, 5) is 26.8. The lowest BCUT2D eigenvalue weighted by Crippen LogP contribution is -2.35. The maximum atomic E-state index is 12.6. The van der Waals surface area contributed by atoms with Crippen LogP contribution in [0.5, 0.6) is 0 Å². The standard InChI is InChI=1S/C22H24N4O3/c1-22(2,3)15-8-6-14(7-9-15)20(27)23-19-16-10-11-26(13-17(16)24-25-19)21(28)18-5-4-12-29-18/h4-9,12H,10-11,13H2,1-3H3,(H2,23,24,25,27). The van der Waals surface area contributed by atoms with Crippen molar-refractivity contribution in [3.8, 4) is 0 Å². The average Bonchev–Trinajstić information content (AvgIpc) is 3.37. The van der Waals surface area contributed by atoms with Gasteiger partial charge < -0.3 is 14.6 Å². The molecule has 0 spiro atoms. The van der Waals surface area contributed by atoms with E-state index in [1.165, 1.54) is 11.8 Å². The second-order valence-electron chi connectivity index (χ2n) is 8.26. The number of amides is 2. The van der Waals surface area contributed by atoms with Gasteiger partial charge in [0.25, 0.3) is 11.8 Å². The Morgan fingerprint density at radius 1 is 1.17 bits per heavy atom. The number of aromatic nitrogens is 2. The number of furan rings is 1. The SMILES string of the molecule is CC(C)(C)c1ccc(C(=O)Nc2n[nH]c3c2CCN(C(=O)c2ccco2)C3)cc1. The van der Waals surface area contributed by atoms with Crippen molar-refractivity contribution in [2.45, 2.75) is 39.2 Å². The Balaban J connectivity index is 1.45. The number of hydrogen-bond donors (Lipinski definition) is 2. The minimum Gasteiger partial charge on any atom is -0.459 e. The van der Waals surface area contributed by atoms with Gasteiger partial charge in [-0.2, -0.15) is 5.10 Å². The van der Waals surface area contributed by atoms with Gasteiger partial charge in [0.1, 0.15) is 0 Å². The molecule has 1 aliphatic rings. The van der Waals surface area contributed by atoms with E-state index in [0.29, 0.717) is 36.7 Å². The number of rotatable bonds is 3. The second-order valence-corrected chi connectivity index (χ2v) is 8.26. The normalized spacial score (nSPS) is 13.8. The van der Waals surface area contributed by atoms with Crippen molar-refractivity contribution in [1.29, 1.82) is 0 Å². The molecule has 0 radical (unpaired) electrons. The van der Waals surface area contributed by atoms with E-state index >= 15 is 0 Å². The molecule has 0 fully saturated rings. The minimum atomic E-state index is -0.200. The van der Waals surface area contributed by atoms with Crippen LogP contribution in [0.2, 0.25) is 0 Å². The molecule has 0 aliphatic carbocycles. The van der Waals surface area contributed by atoms with E-state index in [1.807, 2.05) is 24.3 Å². The number of nitrogens with one attached hydrogen (secondary N) is 2. The molecule has 2 amide bonds. The van der Waals surface area contributed by atoms with E-state index in [9.17, 15) is 9.59 Å². The first kappa shape index (κ1) is 19.0. The Kier molecular flexibility index (Phi) is 4.74. The van der Waals surface area contributed by atoms with Crippen LogP contribution in [0.4, 0.5) is 5.82 Å². The Bertz CT molecular complexity index is 1030.